The number of hydrogen-bond donors (Lipinski definition) is 2. The fraction of sp³-hybridized carbons (Fsp3) is 0.250. The minimum absolute atomic E-state index is 0.347. The van der Waals surface area contributed by atoms with Gasteiger partial charge in [0.15, 0.2) is 4.90 Å². The van der Waals surface area contributed by atoms with Gasteiger partial charge >= 0.3 is 0 Å². The van der Waals surface area contributed by atoms with Crippen LogP contribution >= 0.6 is 0 Å². The zero-order chi connectivity index (χ0) is 24.4. The molecule has 2 unspecified atom stereocenters. The van der Waals surface area contributed by atoms with Crippen molar-refractivity contribution in [2.24, 2.45) is 0 Å². The summed E-state index contributed by atoms with van der Waals surface area (Å²) in [4.78, 5) is 15.5. The third kappa shape index (κ3) is 5.42. The maximum atomic E-state index is 14.0. The zero-order valence-corrected chi connectivity index (χ0v) is 19.8. The third-order valence-electron chi connectivity index (χ3n) is 5.70. The standard InChI is InChI=1S/C24H24FN7O2S/c1-35(34)21-12-16(11-17(25)13-21)22-8-9-26-23(29-22)28-18-4-6-19(7-5-18)32-15-27-24(30-32)31-10-2-3-20(33)14-31/h4-9,11-13,15,20,33H,2-3,10,14H2,1H3,(H,26,28,29). The van der Waals surface area contributed by atoms with Crippen molar-refractivity contribution < 1.29 is 14.0 Å². The Balaban J connectivity index is 1.30. The van der Waals surface area contributed by atoms with Crippen LogP contribution < -0.4 is 10.2 Å². The molecule has 0 bridgehead atoms. The Labute approximate surface area is 204 Å². The van der Waals surface area contributed by atoms with Gasteiger partial charge < -0.3 is 19.9 Å². The molecule has 180 valence electrons. The van der Waals surface area contributed by atoms with Gasteiger partial charge in [0.05, 0.1) is 17.5 Å². The highest BCUT2D eigenvalue weighted by Crippen LogP contribution is 2.24. The largest absolute Gasteiger partial charge is 0.612 e. The Morgan fingerprint density at radius 3 is 2.74 bits per heavy atom. The first-order valence-electron chi connectivity index (χ1n) is 11.1. The molecule has 0 spiro atoms. The summed E-state index contributed by atoms with van der Waals surface area (Å²) in [5.41, 5.74) is 2.64. The minimum Gasteiger partial charge on any atom is -0.612 e. The van der Waals surface area contributed by atoms with Crippen LogP contribution in [0.5, 0.6) is 0 Å². The van der Waals surface area contributed by atoms with E-state index in [9.17, 15) is 14.0 Å². The van der Waals surface area contributed by atoms with Gasteiger partial charge in [-0.2, -0.15) is 4.98 Å². The van der Waals surface area contributed by atoms with E-state index < -0.39 is 17.0 Å². The first-order chi connectivity index (χ1) is 16.9. The predicted molar refractivity (Wildman–Crippen MR) is 132 cm³/mol. The lowest BCUT2D eigenvalue weighted by Gasteiger charge is -2.28. The molecule has 0 saturated carbocycles. The lowest BCUT2D eigenvalue weighted by Crippen LogP contribution is -2.38. The monoisotopic (exact) mass is 493 g/mol. The van der Waals surface area contributed by atoms with Crippen LogP contribution in [-0.4, -0.2) is 59.8 Å². The Hall–Kier alpha value is -3.54. The summed E-state index contributed by atoms with van der Waals surface area (Å²) < 4.78 is 27.5. The molecular formula is C24H24FN7O2S. The number of anilines is 3. The van der Waals surface area contributed by atoms with Gasteiger partial charge in [0.25, 0.3) is 0 Å². The number of aromatic nitrogens is 5. The number of nitrogens with one attached hydrogen (secondary N) is 1. The van der Waals surface area contributed by atoms with E-state index >= 15 is 0 Å². The number of piperidine rings is 1. The van der Waals surface area contributed by atoms with Crippen molar-refractivity contribution in [3.63, 3.8) is 0 Å². The average molecular weight is 494 g/mol. The smallest absolute Gasteiger partial charge is 0.245 e. The quantitative estimate of drug-likeness (QED) is 0.393. The lowest BCUT2D eigenvalue weighted by atomic mass is 10.1. The fourth-order valence-electron chi connectivity index (χ4n) is 3.94. The number of halogens is 1. The summed E-state index contributed by atoms with van der Waals surface area (Å²) in [5, 5.41) is 17.6. The molecule has 35 heavy (non-hydrogen) atoms. The molecule has 2 atom stereocenters. The van der Waals surface area contributed by atoms with Crippen LogP contribution in [0.2, 0.25) is 0 Å². The first-order valence-corrected chi connectivity index (χ1v) is 12.7. The number of aliphatic hydroxyl groups excluding tert-OH is 1. The van der Waals surface area contributed by atoms with Gasteiger partial charge in [-0.15, -0.1) is 5.10 Å². The van der Waals surface area contributed by atoms with E-state index in [1.807, 2.05) is 29.2 Å². The number of nitrogens with zero attached hydrogens (tertiary/aromatic N) is 6. The van der Waals surface area contributed by atoms with E-state index in [2.05, 4.69) is 25.4 Å². The number of hydrogen-bond acceptors (Lipinski definition) is 8. The highest BCUT2D eigenvalue weighted by atomic mass is 32.2. The van der Waals surface area contributed by atoms with Crippen molar-refractivity contribution in [1.82, 2.24) is 24.7 Å². The zero-order valence-electron chi connectivity index (χ0n) is 19.0. The molecule has 1 aliphatic heterocycles. The van der Waals surface area contributed by atoms with Crippen LogP contribution in [0, 0.1) is 5.82 Å². The molecule has 2 aromatic heterocycles. The predicted octanol–water partition coefficient (Wildman–Crippen LogP) is 3.31. The molecular weight excluding hydrogens is 469 g/mol. The molecule has 4 aromatic rings. The van der Waals surface area contributed by atoms with Gasteiger partial charge in [0, 0.05) is 42.7 Å². The van der Waals surface area contributed by atoms with Gasteiger partial charge in [-0.3, -0.25) is 0 Å². The van der Waals surface area contributed by atoms with E-state index in [0.29, 0.717) is 34.6 Å². The fourth-order valence-corrected chi connectivity index (χ4v) is 4.51. The molecule has 3 heterocycles. The molecule has 1 aliphatic rings. The Morgan fingerprint density at radius 2 is 1.97 bits per heavy atom. The molecule has 2 aromatic carbocycles. The van der Waals surface area contributed by atoms with Crippen LogP contribution in [0.3, 0.4) is 0 Å². The Kier molecular flexibility index (Phi) is 6.62. The van der Waals surface area contributed by atoms with Crippen molar-refractivity contribution in [1.29, 1.82) is 0 Å². The highest BCUT2D eigenvalue weighted by Gasteiger charge is 2.20. The normalized spacial score (nSPS) is 16.8. The van der Waals surface area contributed by atoms with Crippen molar-refractivity contribution in [3.8, 4) is 16.9 Å². The molecule has 1 saturated heterocycles. The Morgan fingerprint density at radius 1 is 1.14 bits per heavy atom. The molecule has 2 N–H and O–H groups in total. The van der Waals surface area contributed by atoms with Crippen LogP contribution in [0.25, 0.3) is 16.9 Å². The van der Waals surface area contributed by atoms with Gasteiger partial charge in [0.1, 0.15) is 18.4 Å². The van der Waals surface area contributed by atoms with Gasteiger partial charge in [0.2, 0.25) is 11.9 Å². The molecule has 0 aliphatic carbocycles. The topological polar surface area (TPSA) is 115 Å². The second kappa shape index (κ2) is 9.98. The summed E-state index contributed by atoms with van der Waals surface area (Å²) >= 11 is -1.30. The van der Waals surface area contributed by atoms with Gasteiger partial charge in [-0.1, -0.05) is 0 Å². The van der Waals surface area contributed by atoms with Gasteiger partial charge in [-0.25, -0.2) is 19.0 Å². The van der Waals surface area contributed by atoms with Crippen LogP contribution in [-0.2, 0) is 11.2 Å². The lowest BCUT2D eigenvalue weighted by molar-refractivity contribution is 0.153. The summed E-state index contributed by atoms with van der Waals surface area (Å²) in [6.45, 7) is 1.37. The molecule has 0 amide bonds. The van der Waals surface area contributed by atoms with Crippen LogP contribution in [0.15, 0.2) is 66.0 Å². The van der Waals surface area contributed by atoms with E-state index in [4.69, 9.17) is 0 Å². The maximum Gasteiger partial charge on any atom is 0.245 e. The van der Waals surface area contributed by atoms with Crippen molar-refractivity contribution in [2.75, 3.05) is 29.6 Å². The second-order valence-corrected chi connectivity index (χ2v) is 9.68. The van der Waals surface area contributed by atoms with Crippen molar-refractivity contribution in [3.05, 3.63) is 66.9 Å². The molecule has 9 nitrogen and oxygen atoms in total. The highest BCUT2D eigenvalue weighted by molar-refractivity contribution is 7.90. The number of aliphatic hydroxyl groups is 1. The van der Waals surface area contributed by atoms with E-state index in [1.165, 1.54) is 18.4 Å². The van der Waals surface area contributed by atoms with Crippen LogP contribution in [0.4, 0.5) is 22.0 Å². The van der Waals surface area contributed by atoms with Crippen molar-refractivity contribution in [2.45, 2.75) is 23.8 Å². The number of rotatable bonds is 6. The first kappa shape index (κ1) is 23.2. The number of β-amino-alcohol motifs (C(OH)–C–C–N with tert-alkyl or cyclic N) is 1. The molecule has 1 fully saturated rings. The van der Waals surface area contributed by atoms with Crippen molar-refractivity contribution >= 4 is 28.8 Å². The molecule has 11 heteroatoms. The SMILES string of the molecule is C[S+]([O-])c1cc(F)cc(-c2ccnc(Nc3ccc(-n4cnc(N5CCCC(O)C5)n4)cc3)n2)c1. The summed E-state index contributed by atoms with van der Waals surface area (Å²) in [5.74, 6) is 0.484. The maximum absolute atomic E-state index is 14.0. The summed E-state index contributed by atoms with van der Waals surface area (Å²) in [7, 11) is 0. The van der Waals surface area contributed by atoms with E-state index in [1.54, 1.807) is 29.3 Å². The van der Waals surface area contributed by atoms with Gasteiger partial charge in [-0.05, 0) is 60.4 Å². The minimum atomic E-state index is -1.30. The van der Waals surface area contributed by atoms with E-state index in [0.717, 1.165) is 30.8 Å². The second-order valence-electron chi connectivity index (χ2n) is 8.30. The Bertz CT molecular complexity index is 1320. The summed E-state index contributed by atoms with van der Waals surface area (Å²) in [6, 6.07) is 13.5. The molecule has 5 rings (SSSR count). The molecule has 0 radical (unpaired) electrons. The van der Waals surface area contributed by atoms with E-state index in [-0.39, 0.29) is 6.10 Å². The third-order valence-corrected chi connectivity index (χ3v) is 6.60. The average Bonchev–Trinajstić information content (AvgIpc) is 3.35. The van der Waals surface area contributed by atoms with Crippen LogP contribution in [0.1, 0.15) is 12.8 Å². The number of benzene rings is 2. The summed E-state index contributed by atoms with van der Waals surface area (Å²) in [6.07, 6.45) is 6.12.